The van der Waals surface area contributed by atoms with Crippen molar-refractivity contribution < 1.29 is 4.39 Å². The van der Waals surface area contributed by atoms with E-state index in [2.05, 4.69) is 56.3 Å². The normalized spacial score (nSPS) is 18.9. The Balaban J connectivity index is 1.38. The van der Waals surface area contributed by atoms with Crippen molar-refractivity contribution in [3.8, 4) is 22.6 Å². The van der Waals surface area contributed by atoms with Gasteiger partial charge in [0.15, 0.2) is 5.82 Å². The predicted octanol–water partition coefficient (Wildman–Crippen LogP) is 3.91. The van der Waals surface area contributed by atoms with Gasteiger partial charge in [-0.2, -0.15) is 5.10 Å². The van der Waals surface area contributed by atoms with Gasteiger partial charge in [0.2, 0.25) is 0 Å². The molecule has 174 valence electrons. The standard InChI is InChI=1S/C26H28FN7/c1-33-11-13-34(14-12-33)17-7-5-16(6-8-17)24-25-22(31-32-24)15-29-26(30-25)23-19-3-2-4-21(28)18(19)9-10-20(23)27/h5-10,15,21H,2-4,11-14,28H2,1H3,(H,31,32). The van der Waals surface area contributed by atoms with Gasteiger partial charge in [-0.15, -0.1) is 0 Å². The van der Waals surface area contributed by atoms with Crippen molar-refractivity contribution >= 4 is 16.7 Å². The summed E-state index contributed by atoms with van der Waals surface area (Å²) in [6.07, 6.45) is 4.31. The summed E-state index contributed by atoms with van der Waals surface area (Å²) in [4.78, 5) is 14.0. The van der Waals surface area contributed by atoms with Gasteiger partial charge >= 0.3 is 0 Å². The van der Waals surface area contributed by atoms with Crippen LogP contribution in [-0.4, -0.2) is 58.3 Å². The van der Waals surface area contributed by atoms with E-state index in [1.807, 2.05) is 6.07 Å². The summed E-state index contributed by atoms with van der Waals surface area (Å²) < 4.78 is 15.0. The lowest BCUT2D eigenvalue weighted by atomic mass is 9.85. The predicted molar refractivity (Wildman–Crippen MR) is 132 cm³/mol. The molecular formula is C26H28FN7. The third-order valence-electron chi connectivity index (χ3n) is 7.17. The Morgan fingerprint density at radius 2 is 1.85 bits per heavy atom. The molecule has 0 amide bonds. The number of fused-ring (bicyclic) bond motifs is 2. The molecule has 34 heavy (non-hydrogen) atoms. The third kappa shape index (κ3) is 3.63. The van der Waals surface area contributed by atoms with E-state index >= 15 is 4.39 Å². The minimum Gasteiger partial charge on any atom is -0.369 e. The summed E-state index contributed by atoms with van der Waals surface area (Å²) in [6.45, 7) is 4.18. The molecule has 0 saturated carbocycles. The van der Waals surface area contributed by atoms with Crippen molar-refractivity contribution in [2.75, 3.05) is 38.1 Å². The van der Waals surface area contributed by atoms with E-state index in [1.54, 1.807) is 6.20 Å². The Kier molecular flexibility index (Phi) is 5.27. The monoisotopic (exact) mass is 457 g/mol. The fourth-order valence-electron chi connectivity index (χ4n) is 5.18. The Morgan fingerprint density at radius 1 is 1.06 bits per heavy atom. The van der Waals surface area contributed by atoms with Crippen LogP contribution in [0.5, 0.6) is 0 Å². The van der Waals surface area contributed by atoms with Crippen molar-refractivity contribution in [2.24, 2.45) is 5.73 Å². The lowest BCUT2D eigenvalue weighted by molar-refractivity contribution is 0.313. The maximum absolute atomic E-state index is 15.0. The highest BCUT2D eigenvalue weighted by Crippen LogP contribution is 2.37. The molecule has 1 aliphatic carbocycles. The van der Waals surface area contributed by atoms with Gasteiger partial charge in [0.1, 0.15) is 22.5 Å². The maximum atomic E-state index is 15.0. The summed E-state index contributed by atoms with van der Waals surface area (Å²) in [5.41, 5.74) is 13.0. The SMILES string of the molecule is CN1CCN(c2ccc(-c3n[nH]c4cnc(-c5c(F)ccc6c5CCCC6N)nc34)cc2)CC1. The smallest absolute Gasteiger partial charge is 0.163 e. The molecule has 1 atom stereocenters. The average Bonchev–Trinajstić information content (AvgIpc) is 3.28. The molecule has 0 spiro atoms. The Labute approximate surface area is 197 Å². The molecule has 2 aromatic carbocycles. The minimum atomic E-state index is -0.311. The first-order valence-electron chi connectivity index (χ1n) is 11.9. The zero-order valence-corrected chi connectivity index (χ0v) is 19.3. The van der Waals surface area contributed by atoms with E-state index in [0.717, 1.165) is 73.3 Å². The second-order valence-corrected chi connectivity index (χ2v) is 9.35. The van der Waals surface area contributed by atoms with Crippen LogP contribution in [0.4, 0.5) is 10.1 Å². The van der Waals surface area contributed by atoms with E-state index < -0.39 is 0 Å². The van der Waals surface area contributed by atoms with Gasteiger partial charge in [-0.1, -0.05) is 18.2 Å². The van der Waals surface area contributed by atoms with E-state index in [9.17, 15) is 0 Å². The number of aromatic nitrogens is 4. The molecule has 1 fully saturated rings. The molecular weight excluding hydrogens is 429 g/mol. The van der Waals surface area contributed by atoms with Gasteiger partial charge in [-0.05, 0) is 55.6 Å². The highest BCUT2D eigenvalue weighted by molar-refractivity contribution is 5.90. The zero-order chi connectivity index (χ0) is 23.2. The minimum absolute atomic E-state index is 0.0739. The number of piperazine rings is 1. The van der Waals surface area contributed by atoms with Gasteiger partial charge in [0.25, 0.3) is 0 Å². The summed E-state index contributed by atoms with van der Waals surface area (Å²) >= 11 is 0. The van der Waals surface area contributed by atoms with Gasteiger partial charge < -0.3 is 15.5 Å². The summed E-state index contributed by atoms with van der Waals surface area (Å²) in [5.74, 6) is 0.0708. The quantitative estimate of drug-likeness (QED) is 0.485. The van der Waals surface area contributed by atoms with Crippen molar-refractivity contribution in [2.45, 2.75) is 25.3 Å². The van der Waals surface area contributed by atoms with E-state index in [0.29, 0.717) is 16.9 Å². The van der Waals surface area contributed by atoms with Crippen molar-refractivity contribution in [3.05, 3.63) is 59.5 Å². The van der Waals surface area contributed by atoms with E-state index in [1.165, 1.54) is 11.8 Å². The molecule has 4 aromatic rings. The molecule has 0 radical (unpaired) electrons. The molecule has 6 rings (SSSR count). The Hall–Kier alpha value is -3.36. The number of anilines is 1. The van der Waals surface area contributed by atoms with Crippen LogP contribution < -0.4 is 10.6 Å². The topological polar surface area (TPSA) is 87.0 Å². The number of nitrogens with one attached hydrogen (secondary N) is 1. The van der Waals surface area contributed by atoms with Crippen LogP contribution in [0.2, 0.25) is 0 Å². The zero-order valence-electron chi connectivity index (χ0n) is 19.3. The lowest BCUT2D eigenvalue weighted by Gasteiger charge is -2.34. The van der Waals surface area contributed by atoms with Crippen LogP contribution in [0.3, 0.4) is 0 Å². The number of aromatic amines is 1. The van der Waals surface area contributed by atoms with Crippen LogP contribution in [0.15, 0.2) is 42.6 Å². The fraction of sp³-hybridized carbons (Fsp3) is 0.346. The first-order chi connectivity index (χ1) is 16.6. The summed E-state index contributed by atoms with van der Waals surface area (Å²) in [6, 6.07) is 11.7. The second-order valence-electron chi connectivity index (χ2n) is 9.35. The number of nitrogens with zero attached hydrogens (tertiary/aromatic N) is 5. The van der Waals surface area contributed by atoms with Crippen LogP contribution in [-0.2, 0) is 6.42 Å². The molecule has 1 unspecified atom stereocenters. The summed E-state index contributed by atoms with van der Waals surface area (Å²) in [5, 5.41) is 7.54. The molecule has 0 bridgehead atoms. The van der Waals surface area contributed by atoms with Crippen LogP contribution in [0.25, 0.3) is 33.7 Å². The fourth-order valence-corrected chi connectivity index (χ4v) is 5.18. The molecule has 7 nitrogen and oxygen atoms in total. The molecule has 1 saturated heterocycles. The van der Waals surface area contributed by atoms with Gasteiger partial charge in [-0.25, -0.2) is 14.4 Å². The first kappa shape index (κ1) is 21.2. The number of halogens is 1. The van der Waals surface area contributed by atoms with Gasteiger partial charge in [0, 0.05) is 43.5 Å². The highest BCUT2D eigenvalue weighted by atomic mass is 19.1. The number of benzene rings is 2. The highest BCUT2D eigenvalue weighted by Gasteiger charge is 2.25. The summed E-state index contributed by atoms with van der Waals surface area (Å²) in [7, 11) is 2.16. The number of rotatable bonds is 3. The lowest BCUT2D eigenvalue weighted by Crippen LogP contribution is -2.44. The third-order valence-corrected chi connectivity index (χ3v) is 7.17. The number of likely N-dealkylation sites (N-methyl/N-ethyl adjacent to an activating group) is 1. The Morgan fingerprint density at radius 3 is 2.65 bits per heavy atom. The molecule has 8 heteroatoms. The molecule has 3 heterocycles. The van der Waals surface area contributed by atoms with Crippen LogP contribution in [0, 0.1) is 5.82 Å². The Bertz CT molecular complexity index is 1340. The molecule has 2 aromatic heterocycles. The van der Waals surface area contributed by atoms with Gasteiger partial charge in [0.05, 0.1) is 11.8 Å². The van der Waals surface area contributed by atoms with Crippen molar-refractivity contribution in [3.63, 3.8) is 0 Å². The molecule has 2 aliphatic rings. The van der Waals surface area contributed by atoms with Crippen molar-refractivity contribution in [1.29, 1.82) is 0 Å². The van der Waals surface area contributed by atoms with E-state index in [4.69, 9.17) is 10.7 Å². The number of nitrogens with two attached hydrogens (primary N) is 1. The number of hydrogen-bond acceptors (Lipinski definition) is 6. The number of hydrogen-bond donors (Lipinski definition) is 2. The van der Waals surface area contributed by atoms with Crippen LogP contribution in [0.1, 0.15) is 30.0 Å². The van der Waals surface area contributed by atoms with Crippen molar-refractivity contribution in [1.82, 2.24) is 25.1 Å². The van der Waals surface area contributed by atoms with Gasteiger partial charge in [-0.3, -0.25) is 5.10 Å². The largest absolute Gasteiger partial charge is 0.369 e. The molecule has 3 N–H and O–H groups in total. The van der Waals surface area contributed by atoms with Crippen LogP contribution >= 0.6 is 0 Å². The second kappa shape index (κ2) is 8.45. The van der Waals surface area contributed by atoms with E-state index in [-0.39, 0.29) is 11.9 Å². The average molecular weight is 458 g/mol. The maximum Gasteiger partial charge on any atom is 0.163 e. The number of H-pyrrole nitrogens is 1. The molecule has 1 aliphatic heterocycles. The first-order valence-corrected chi connectivity index (χ1v) is 11.9.